The van der Waals surface area contributed by atoms with Gasteiger partial charge in [-0.2, -0.15) is 0 Å². The highest BCUT2D eigenvalue weighted by molar-refractivity contribution is 5.53. The van der Waals surface area contributed by atoms with E-state index in [0.29, 0.717) is 11.3 Å². The van der Waals surface area contributed by atoms with E-state index >= 15 is 0 Å². The fraction of sp³-hybridized carbons (Fsp3) is 0.900. The first-order valence-electron chi connectivity index (χ1n) is 4.65. The van der Waals surface area contributed by atoms with Gasteiger partial charge in [0, 0.05) is 5.92 Å². The molecule has 1 nitrogen and oxygen atoms in total. The van der Waals surface area contributed by atoms with Gasteiger partial charge in [-0.1, -0.05) is 20.3 Å². The summed E-state index contributed by atoms with van der Waals surface area (Å²) in [6, 6.07) is 0. The van der Waals surface area contributed by atoms with Gasteiger partial charge in [0.25, 0.3) is 0 Å². The third-order valence-corrected chi connectivity index (χ3v) is 3.28. The zero-order valence-corrected chi connectivity index (χ0v) is 7.60. The maximum Gasteiger partial charge on any atom is 0.123 e. The van der Waals surface area contributed by atoms with Crippen molar-refractivity contribution in [2.75, 3.05) is 0 Å². The van der Waals surface area contributed by atoms with Gasteiger partial charge in [0.2, 0.25) is 0 Å². The van der Waals surface area contributed by atoms with Crippen molar-refractivity contribution in [1.29, 1.82) is 0 Å². The third kappa shape index (κ3) is 2.05. The van der Waals surface area contributed by atoms with Crippen LogP contribution in [0.2, 0.25) is 0 Å². The minimum absolute atomic E-state index is 0.370. The molecule has 0 unspecified atom stereocenters. The van der Waals surface area contributed by atoms with Crippen molar-refractivity contribution in [3.8, 4) is 0 Å². The summed E-state index contributed by atoms with van der Waals surface area (Å²) in [6.07, 6.45) is 7.12. The standard InChI is InChI=1S/C10H18O/c1-3-10(2)6-4-9(8-11)5-7-10/h8-9H,3-7H2,1-2H3. The zero-order valence-electron chi connectivity index (χ0n) is 7.60. The van der Waals surface area contributed by atoms with E-state index in [1.807, 2.05) is 0 Å². The first-order valence-corrected chi connectivity index (χ1v) is 4.65. The molecule has 1 aliphatic rings. The summed E-state index contributed by atoms with van der Waals surface area (Å²) in [6.45, 7) is 4.59. The average molecular weight is 154 g/mol. The highest BCUT2D eigenvalue weighted by atomic mass is 16.1. The lowest BCUT2D eigenvalue weighted by Gasteiger charge is -2.34. The van der Waals surface area contributed by atoms with Crippen LogP contribution in [0.3, 0.4) is 0 Å². The molecule has 1 saturated carbocycles. The summed E-state index contributed by atoms with van der Waals surface area (Å²) in [7, 11) is 0. The molecular formula is C10H18O. The van der Waals surface area contributed by atoms with Crippen LogP contribution >= 0.6 is 0 Å². The number of aldehydes is 1. The molecule has 1 fully saturated rings. The molecule has 0 aromatic rings. The van der Waals surface area contributed by atoms with Crippen LogP contribution in [-0.2, 0) is 4.79 Å². The van der Waals surface area contributed by atoms with Crippen LogP contribution in [0.15, 0.2) is 0 Å². The quantitative estimate of drug-likeness (QED) is 0.559. The second-order valence-corrected chi connectivity index (χ2v) is 4.14. The van der Waals surface area contributed by atoms with E-state index in [-0.39, 0.29) is 0 Å². The van der Waals surface area contributed by atoms with E-state index in [1.165, 1.54) is 19.3 Å². The number of hydrogen-bond donors (Lipinski definition) is 0. The van der Waals surface area contributed by atoms with Gasteiger partial charge in [0.05, 0.1) is 0 Å². The van der Waals surface area contributed by atoms with Gasteiger partial charge in [0.1, 0.15) is 6.29 Å². The van der Waals surface area contributed by atoms with Crippen molar-refractivity contribution >= 4 is 6.29 Å². The molecule has 0 aromatic heterocycles. The van der Waals surface area contributed by atoms with E-state index in [1.54, 1.807) is 0 Å². The molecule has 0 atom stereocenters. The maximum absolute atomic E-state index is 10.5. The van der Waals surface area contributed by atoms with Crippen molar-refractivity contribution in [3.63, 3.8) is 0 Å². The molecule has 0 heterocycles. The van der Waals surface area contributed by atoms with Gasteiger partial charge in [-0.15, -0.1) is 0 Å². The zero-order chi connectivity index (χ0) is 8.32. The highest BCUT2D eigenvalue weighted by Gasteiger charge is 2.28. The largest absolute Gasteiger partial charge is 0.303 e. The maximum atomic E-state index is 10.5. The van der Waals surface area contributed by atoms with Gasteiger partial charge in [-0.3, -0.25) is 0 Å². The van der Waals surface area contributed by atoms with E-state index in [2.05, 4.69) is 13.8 Å². The summed E-state index contributed by atoms with van der Waals surface area (Å²) in [5, 5.41) is 0. The highest BCUT2D eigenvalue weighted by Crippen LogP contribution is 2.40. The molecule has 0 aliphatic heterocycles. The minimum atomic E-state index is 0.370. The van der Waals surface area contributed by atoms with E-state index < -0.39 is 0 Å². The van der Waals surface area contributed by atoms with Gasteiger partial charge in [0.15, 0.2) is 0 Å². The van der Waals surface area contributed by atoms with Crippen LogP contribution < -0.4 is 0 Å². The van der Waals surface area contributed by atoms with Crippen molar-refractivity contribution < 1.29 is 4.79 Å². The number of carbonyl (C=O) groups excluding carboxylic acids is 1. The first-order chi connectivity index (χ1) is 5.20. The van der Waals surface area contributed by atoms with Crippen molar-refractivity contribution in [3.05, 3.63) is 0 Å². The number of rotatable bonds is 2. The van der Waals surface area contributed by atoms with E-state index in [0.717, 1.165) is 19.1 Å². The molecule has 0 spiro atoms. The monoisotopic (exact) mass is 154 g/mol. The molecular weight excluding hydrogens is 136 g/mol. The van der Waals surface area contributed by atoms with Crippen LogP contribution in [0.1, 0.15) is 46.0 Å². The molecule has 1 rings (SSSR count). The lowest BCUT2D eigenvalue weighted by molar-refractivity contribution is -0.112. The molecule has 0 aromatic carbocycles. The molecule has 0 radical (unpaired) electrons. The van der Waals surface area contributed by atoms with Crippen LogP contribution in [-0.4, -0.2) is 6.29 Å². The SMILES string of the molecule is CCC1(C)CCC(C=O)CC1. The van der Waals surface area contributed by atoms with Gasteiger partial charge in [-0.25, -0.2) is 0 Å². The molecule has 64 valence electrons. The predicted molar refractivity (Wildman–Crippen MR) is 46.4 cm³/mol. The second kappa shape index (κ2) is 3.38. The second-order valence-electron chi connectivity index (χ2n) is 4.14. The van der Waals surface area contributed by atoms with Crippen LogP contribution in [0.5, 0.6) is 0 Å². The summed E-state index contributed by atoms with van der Waals surface area (Å²) >= 11 is 0. The lowest BCUT2D eigenvalue weighted by atomic mass is 9.71. The summed E-state index contributed by atoms with van der Waals surface area (Å²) in [5.74, 6) is 0.370. The Bertz CT molecular complexity index is 132. The Morgan fingerprint density at radius 1 is 1.45 bits per heavy atom. The molecule has 0 amide bonds. The Kier molecular flexibility index (Phi) is 2.69. The molecule has 0 saturated heterocycles. The molecule has 1 aliphatic carbocycles. The third-order valence-electron chi connectivity index (χ3n) is 3.28. The van der Waals surface area contributed by atoms with Gasteiger partial charge in [-0.05, 0) is 31.1 Å². The average Bonchev–Trinajstić information content (AvgIpc) is 2.06. The predicted octanol–water partition coefficient (Wildman–Crippen LogP) is 2.79. The summed E-state index contributed by atoms with van der Waals surface area (Å²) in [5.41, 5.74) is 0.541. The van der Waals surface area contributed by atoms with Crippen LogP contribution in [0.4, 0.5) is 0 Å². The lowest BCUT2D eigenvalue weighted by Crippen LogP contribution is -2.24. The summed E-state index contributed by atoms with van der Waals surface area (Å²) in [4.78, 5) is 10.5. The van der Waals surface area contributed by atoms with Crippen LogP contribution in [0, 0.1) is 11.3 Å². The van der Waals surface area contributed by atoms with Crippen molar-refractivity contribution in [2.24, 2.45) is 11.3 Å². The fourth-order valence-electron chi connectivity index (χ4n) is 1.83. The molecule has 1 heteroatoms. The normalized spacial score (nSPS) is 38.5. The van der Waals surface area contributed by atoms with E-state index in [4.69, 9.17) is 0 Å². The minimum Gasteiger partial charge on any atom is -0.303 e. The van der Waals surface area contributed by atoms with Gasteiger partial charge >= 0.3 is 0 Å². The van der Waals surface area contributed by atoms with Gasteiger partial charge < -0.3 is 4.79 Å². The Morgan fingerprint density at radius 3 is 2.36 bits per heavy atom. The van der Waals surface area contributed by atoms with Crippen LogP contribution in [0.25, 0.3) is 0 Å². The van der Waals surface area contributed by atoms with Crippen molar-refractivity contribution in [1.82, 2.24) is 0 Å². The molecule has 11 heavy (non-hydrogen) atoms. The Hall–Kier alpha value is -0.330. The Labute approximate surface area is 69.2 Å². The Morgan fingerprint density at radius 2 is 2.00 bits per heavy atom. The molecule has 0 N–H and O–H groups in total. The Balaban J connectivity index is 2.40. The first kappa shape index (κ1) is 8.76. The number of hydrogen-bond acceptors (Lipinski definition) is 1. The number of carbonyl (C=O) groups is 1. The van der Waals surface area contributed by atoms with E-state index in [9.17, 15) is 4.79 Å². The fourth-order valence-corrected chi connectivity index (χ4v) is 1.83. The van der Waals surface area contributed by atoms with Crippen molar-refractivity contribution in [2.45, 2.75) is 46.0 Å². The molecule has 0 bridgehead atoms. The summed E-state index contributed by atoms with van der Waals surface area (Å²) < 4.78 is 0. The topological polar surface area (TPSA) is 17.1 Å². The smallest absolute Gasteiger partial charge is 0.123 e.